The third-order valence-electron chi connectivity index (χ3n) is 1.77. The van der Waals surface area contributed by atoms with Crippen LogP contribution in [0.15, 0.2) is 6.07 Å². The molecular formula is C8H9ClF4N2. The van der Waals surface area contributed by atoms with E-state index in [1.165, 1.54) is 0 Å². The fourth-order valence-corrected chi connectivity index (χ4v) is 1.04. The molecule has 1 atom stereocenters. The van der Waals surface area contributed by atoms with Gasteiger partial charge in [0.1, 0.15) is 0 Å². The van der Waals surface area contributed by atoms with E-state index in [4.69, 9.17) is 11.5 Å². The number of hydrogen-bond donors (Lipinski definition) is 2. The lowest BCUT2D eigenvalue weighted by Crippen LogP contribution is -2.24. The van der Waals surface area contributed by atoms with Crippen LogP contribution in [-0.2, 0) is 0 Å². The second-order valence-corrected chi connectivity index (χ2v) is 2.72. The third kappa shape index (κ3) is 2.58. The van der Waals surface area contributed by atoms with Gasteiger partial charge in [-0.05, 0) is 0 Å². The molecule has 15 heavy (non-hydrogen) atoms. The smallest absolute Gasteiger partial charge is 0.166 e. The quantitative estimate of drug-likeness (QED) is 0.614. The highest BCUT2D eigenvalue weighted by atomic mass is 35.5. The largest absolute Gasteiger partial charge is 0.329 e. The second-order valence-electron chi connectivity index (χ2n) is 2.72. The molecule has 1 aromatic rings. The number of rotatable bonds is 2. The molecule has 1 rings (SSSR count). The average Bonchev–Trinajstić information content (AvgIpc) is 2.15. The van der Waals surface area contributed by atoms with E-state index in [0.717, 1.165) is 0 Å². The van der Waals surface area contributed by atoms with Crippen LogP contribution in [-0.4, -0.2) is 6.54 Å². The van der Waals surface area contributed by atoms with Crippen LogP contribution in [0, 0.1) is 23.3 Å². The average molecular weight is 245 g/mol. The minimum atomic E-state index is -1.50. The molecule has 0 radical (unpaired) electrons. The van der Waals surface area contributed by atoms with Crippen molar-refractivity contribution in [1.29, 1.82) is 0 Å². The predicted molar refractivity (Wildman–Crippen MR) is 49.5 cm³/mol. The Morgan fingerprint density at radius 2 is 1.47 bits per heavy atom. The summed E-state index contributed by atoms with van der Waals surface area (Å²) in [5.41, 5.74) is 9.38. The van der Waals surface area contributed by atoms with Gasteiger partial charge in [0.2, 0.25) is 0 Å². The van der Waals surface area contributed by atoms with Crippen LogP contribution in [0.1, 0.15) is 11.6 Å². The van der Waals surface area contributed by atoms with Crippen molar-refractivity contribution in [1.82, 2.24) is 0 Å². The van der Waals surface area contributed by atoms with Crippen LogP contribution in [0.25, 0.3) is 0 Å². The SMILES string of the molecule is Cl.NC[C@H](N)c1c(F)c(F)cc(F)c1F. The summed E-state index contributed by atoms with van der Waals surface area (Å²) in [6, 6.07) is -1.14. The maximum Gasteiger partial charge on any atom is 0.166 e. The van der Waals surface area contributed by atoms with E-state index in [1.807, 2.05) is 0 Å². The lowest BCUT2D eigenvalue weighted by Gasteiger charge is -2.12. The highest BCUT2D eigenvalue weighted by Crippen LogP contribution is 2.23. The molecule has 0 aliphatic carbocycles. The second kappa shape index (κ2) is 5.29. The van der Waals surface area contributed by atoms with Gasteiger partial charge < -0.3 is 11.5 Å². The Labute approximate surface area is 89.7 Å². The molecule has 1 aromatic carbocycles. The van der Waals surface area contributed by atoms with Gasteiger partial charge in [0.25, 0.3) is 0 Å². The molecule has 0 bridgehead atoms. The van der Waals surface area contributed by atoms with Crippen LogP contribution < -0.4 is 11.5 Å². The Hall–Kier alpha value is -0.850. The standard InChI is InChI=1S/C8H8F4N2.ClH/c9-3-1-4(10)8(12)6(7(3)11)5(14)2-13;/h1,5H,2,13-14H2;1H/t5-;/m0./s1. The van der Waals surface area contributed by atoms with Gasteiger partial charge in [-0.1, -0.05) is 0 Å². The van der Waals surface area contributed by atoms with Gasteiger partial charge in [0.05, 0.1) is 0 Å². The van der Waals surface area contributed by atoms with E-state index >= 15 is 0 Å². The third-order valence-corrected chi connectivity index (χ3v) is 1.77. The lowest BCUT2D eigenvalue weighted by atomic mass is 10.1. The van der Waals surface area contributed by atoms with Crippen molar-refractivity contribution in [2.75, 3.05) is 6.54 Å². The topological polar surface area (TPSA) is 52.0 Å². The van der Waals surface area contributed by atoms with E-state index in [2.05, 4.69) is 0 Å². The van der Waals surface area contributed by atoms with Crippen molar-refractivity contribution in [2.24, 2.45) is 11.5 Å². The monoisotopic (exact) mass is 244 g/mol. The predicted octanol–water partition coefficient (Wildman–Crippen LogP) is 1.62. The van der Waals surface area contributed by atoms with Crippen LogP contribution in [0.3, 0.4) is 0 Å². The zero-order valence-electron chi connectivity index (χ0n) is 7.44. The first-order valence-corrected chi connectivity index (χ1v) is 3.77. The normalized spacial score (nSPS) is 12.1. The van der Waals surface area contributed by atoms with Gasteiger partial charge in [0, 0.05) is 24.2 Å². The van der Waals surface area contributed by atoms with E-state index in [1.54, 1.807) is 0 Å². The summed E-state index contributed by atoms with van der Waals surface area (Å²) in [5.74, 6) is -5.96. The number of nitrogens with two attached hydrogens (primary N) is 2. The number of benzene rings is 1. The fraction of sp³-hybridized carbons (Fsp3) is 0.250. The molecule has 0 saturated heterocycles. The van der Waals surface area contributed by atoms with Gasteiger partial charge in [-0.3, -0.25) is 0 Å². The molecule has 4 N–H and O–H groups in total. The summed E-state index contributed by atoms with van der Waals surface area (Å²) in [7, 11) is 0. The van der Waals surface area contributed by atoms with Crippen LogP contribution >= 0.6 is 12.4 Å². The fourth-order valence-electron chi connectivity index (χ4n) is 1.04. The molecule has 0 aliphatic rings. The Morgan fingerprint density at radius 3 is 1.80 bits per heavy atom. The zero-order valence-corrected chi connectivity index (χ0v) is 8.25. The molecule has 0 aliphatic heterocycles. The molecule has 7 heteroatoms. The van der Waals surface area contributed by atoms with Crippen molar-refractivity contribution < 1.29 is 17.6 Å². The van der Waals surface area contributed by atoms with E-state index in [0.29, 0.717) is 0 Å². The molecule has 0 heterocycles. The summed E-state index contributed by atoms with van der Waals surface area (Å²) < 4.78 is 51.2. The Morgan fingerprint density at radius 1 is 1.07 bits per heavy atom. The molecule has 0 aromatic heterocycles. The Balaban J connectivity index is 0.00000196. The highest BCUT2D eigenvalue weighted by molar-refractivity contribution is 5.85. The lowest BCUT2D eigenvalue weighted by molar-refractivity contribution is 0.427. The summed E-state index contributed by atoms with van der Waals surface area (Å²) in [6.45, 7) is -0.309. The van der Waals surface area contributed by atoms with Gasteiger partial charge in [-0.2, -0.15) is 0 Å². The van der Waals surface area contributed by atoms with Crippen molar-refractivity contribution in [3.8, 4) is 0 Å². The van der Waals surface area contributed by atoms with Crippen LogP contribution in [0.4, 0.5) is 17.6 Å². The van der Waals surface area contributed by atoms with Crippen molar-refractivity contribution >= 4 is 12.4 Å². The highest BCUT2D eigenvalue weighted by Gasteiger charge is 2.22. The zero-order chi connectivity index (χ0) is 10.9. The first-order valence-electron chi connectivity index (χ1n) is 3.77. The number of hydrogen-bond acceptors (Lipinski definition) is 2. The molecule has 0 unspecified atom stereocenters. The van der Waals surface area contributed by atoms with Crippen molar-refractivity contribution in [2.45, 2.75) is 6.04 Å². The van der Waals surface area contributed by atoms with Crippen LogP contribution in [0.5, 0.6) is 0 Å². The van der Waals surface area contributed by atoms with Gasteiger partial charge >= 0.3 is 0 Å². The molecule has 2 nitrogen and oxygen atoms in total. The van der Waals surface area contributed by atoms with Gasteiger partial charge in [-0.15, -0.1) is 12.4 Å². The maximum atomic E-state index is 13.0. The van der Waals surface area contributed by atoms with Crippen LogP contribution in [0.2, 0.25) is 0 Å². The molecular weight excluding hydrogens is 236 g/mol. The summed E-state index contributed by atoms with van der Waals surface area (Å²) in [6.07, 6.45) is 0. The Kier molecular flexibility index (Phi) is 4.99. The summed E-state index contributed by atoms with van der Waals surface area (Å²) >= 11 is 0. The summed E-state index contributed by atoms with van der Waals surface area (Å²) in [4.78, 5) is 0. The van der Waals surface area contributed by atoms with Gasteiger partial charge in [0.15, 0.2) is 23.3 Å². The Bertz CT molecular complexity index is 333. The van der Waals surface area contributed by atoms with Crippen molar-refractivity contribution in [3.63, 3.8) is 0 Å². The van der Waals surface area contributed by atoms with E-state index in [9.17, 15) is 17.6 Å². The first-order chi connectivity index (χ1) is 6.49. The minimum absolute atomic E-state index is 0. The van der Waals surface area contributed by atoms with E-state index in [-0.39, 0.29) is 25.0 Å². The van der Waals surface area contributed by atoms with Gasteiger partial charge in [-0.25, -0.2) is 17.6 Å². The minimum Gasteiger partial charge on any atom is -0.329 e. The first kappa shape index (κ1) is 14.2. The van der Waals surface area contributed by atoms with Crippen molar-refractivity contribution in [3.05, 3.63) is 34.9 Å². The molecule has 0 spiro atoms. The van der Waals surface area contributed by atoms with E-state index < -0.39 is 34.9 Å². The molecule has 0 saturated carbocycles. The summed E-state index contributed by atoms with van der Waals surface area (Å²) in [5, 5.41) is 0. The molecule has 0 amide bonds. The molecule has 0 fully saturated rings. The molecule has 86 valence electrons. The maximum absolute atomic E-state index is 13.0. The number of halogens is 5.